The maximum Gasteiger partial charge on any atom is 0.0967 e. The predicted octanol–water partition coefficient (Wildman–Crippen LogP) is 1.66. The number of nitrogens with one attached hydrogen (secondary N) is 1. The molecule has 0 amide bonds. The van der Waals surface area contributed by atoms with Gasteiger partial charge in [0, 0.05) is 45.0 Å². The van der Waals surface area contributed by atoms with E-state index in [-0.39, 0.29) is 0 Å². The monoisotopic (exact) mass is 279 g/mol. The molecule has 20 heavy (non-hydrogen) atoms. The molecule has 1 aromatic heterocycles. The molecule has 1 fully saturated rings. The summed E-state index contributed by atoms with van der Waals surface area (Å²) in [6.45, 7) is 12.3. The van der Waals surface area contributed by atoms with Crippen LogP contribution in [0.1, 0.15) is 39.8 Å². The molecule has 0 aromatic carbocycles. The molecule has 0 spiro atoms. The summed E-state index contributed by atoms with van der Waals surface area (Å²) < 4.78 is 1.79. The van der Waals surface area contributed by atoms with Crippen LogP contribution in [-0.4, -0.2) is 45.1 Å². The number of aryl methyl sites for hydroxylation is 1. The van der Waals surface area contributed by atoms with Crippen LogP contribution in [-0.2, 0) is 13.6 Å². The lowest BCUT2D eigenvalue weighted by molar-refractivity contribution is 0.0711. The third-order valence-electron chi connectivity index (χ3n) is 4.61. The first-order chi connectivity index (χ1) is 9.51. The van der Waals surface area contributed by atoms with E-state index in [2.05, 4.69) is 48.2 Å². The summed E-state index contributed by atoms with van der Waals surface area (Å²) in [5.74, 6) is 1.37. The molecule has 0 bridgehead atoms. The van der Waals surface area contributed by atoms with Crippen LogP contribution in [0.25, 0.3) is 0 Å². The highest BCUT2D eigenvalue weighted by molar-refractivity contribution is 4.97. The van der Waals surface area contributed by atoms with E-state index < -0.39 is 0 Å². The normalized spacial score (nSPS) is 26.1. The lowest BCUT2D eigenvalue weighted by Gasteiger charge is -2.44. The second-order valence-corrected chi connectivity index (χ2v) is 6.52. The van der Waals surface area contributed by atoms with E-state index in [4.69, 9.17) is 0 Å². The highest BCUT2D eigenvalue weighted by Crippen LogP contribution is 2.22. The van der Waals surface area contributed by atoms with Gasteiger partial charge in [-0.05, 0) is 11.8 Å². The molecule has 2 rings (SSSR count). The molecule has 1 aliphatic heterocycles. The second-order valence-electron chi connectivity index (χ2n) is 6.52. The Morgan fingerprint density at radius 1 is 1.40 bits per heavy atom. The van der Waals surface area contributed by atoms with Gasteiger partial charge in [-0.1, -0.05) is 39.3 Å². The standard InChI is InChI=1S/C15H29N5/c1-6-12(4)15-7-16-14(11(2)3)10-20(15)9-13-8-19(5)18-17-13/h8,11-12,14-16H,6-7,9-10H2,1-5H3. The van der Waals surface area contributed by atoms with Crippen molar-refractivity contribution in [3.8, 4) is 0 Å². The lowest BCUT2D eigenvalue weighted by Crippen LogP contribution is -2.59. The minimum atomic E-state index is 0.576. The zero-order valence-corrected chi connectivity index (χ0v) is 13.5. The Morgan fingerprint density at radius 2 is 2.15 bits per heavy atom. The van der Waals surface area contributed by atoms with E-state index in [9.17, 15) is 0 Å². The van der Waals surface area contributed by atoms with Gasteiger partial charge in [0.1, 0.15) is 0 Å². The van der Waals surface area contributed by atoms with Crippen LogP contribution < -0.4 is 5.32 Å². The Morgan fingerprint density at radius 3 is 2.70 bits per heavy atom. The van der Waals surface area contributed by atoms with Crippen LogP contribution in [0.2, 0.25) is 0 Å². The molecule has 0 aliphatic carbocycles. The number of piperazine rings is 1. The van der Waals surface area contributed by atoms with E-state index in [0.29, 0.717) is 23.9 Å². The Labute approximate surface area is 122 Å². The van der Waals surface area contributed by atoms with Crippen molar-refractivity contribution in [1.82, 2.24) is 25.2 Å². The van der Waals surface area contributed by atoms with E-state index in [1.807, 2.05) is 13.2 Å². The molecule has 1 saturated heterocycles. The zero-order chi connectivity index (χ0) is 14.7. The molecule has 1 aliphatic rings. The van der Waals surface area contributed by atoms with E-state index in [1.54, 1.807) is 4.68 Å². The number of hydrogen-bond donors (Lipinski definition) is 1. The predicted molar refractivity (Wildman–Crippen MR) is 81.3 cm³/mol. The molecule has 0 radical (unpaired) electrons. The molecule has 0 saturated carbocycles. The van der Waals surface area contributed by atoms with Gasteiger partial charge < -0.3 is 5.32 Å². The van der Waals surface area contributed by atoms with Crippen LogP contribution in [0.15, 0.2) is 6.20 Å². The minimum absolute atomic E-state index is 0.576. The topological polar surface area (TPSA) is 46.0 Å². The highest BCUT2D eigenvalue weighted by Gasteiger charge is 2.32. The first-order valence-electron chi connectivity index (χ1n) is 7.83. The molecule has 5 heteroatoms. The fourth-order valence-electron chi connectivity index (χ4n) is 2.99. The molecule has 5 nitrogen and oxygen atoms in total. The van der Waals surface area contributed by atoms with Gasteiger partial charge in [0.2, 0.25) is 0 Å². The number of hydrogen-bond acceptors (Lipinski definition) is 4. The van der Waals surface area contributed by atoms with Gasteiger partial charge in [-0.15, -0.1) is 5.10 Å². The van der Waals surface area contributed by atoms with Crippen LogP contribution in [0, 0.1) is 11.8 Å². The Hall–Kier alpha value is -0.940. The largest absolute Gasteiger partial charge is 0.311 e. The van der Waals surface area contributed by atoms with Gasteiger partial charge in [0.05, 0.1) is 5.69 Å². The summed E-state index contributed by atoms with van der Waals surface area (Å²) in [5.41, 5.74) is 1.07. The molecular weight excluding hydrogens is 250 g/mol. The minimum Gasteiger partial charge on any atom is -0.311 e. The fraction of sp³-hybridized carbons (Fsp3) is 0.867. The average molecular weight is 279 g/mol. The van der Waals surface area contributed by atoms with E-state index in [1.165, 1.54) is 6.42 Å². The maximum absolute atomic E-state index is 4.25. The fourth-order valence-corrected chi connectivity index (χ4v) is 2.99. The lowest BCUT2D eigenvalue weighted by atomic mass is 9.91. The molecule has 1 N–H and O–H groups in total. The van der Waals surface area contributed by atoms with Crippen molar-refractivity contribution >= 4 is 0 Å². The highest BCUT2D eigenvalue weighted by atomic mass is 15.4. The summed E-state index contributed by atoms with van der Waals surface area (Å²) >= 11 is 0. The van der Waals surface area contributed by atoms with Crippen molar-refractivity contribution in [3.63, 3.8) is 0 Å². The molecular formula is C15H29N5. The third kappa shape index (κ3) is 3.58. The van der Waals surface area contributed by atoms with Gasteiger partial charge in [0.15, 0.2) is 0 Å². The van der Waals surface area contributed by atoms with Crippen molar-refractivity contribution in [2.45, 2.75) is 52.7 Å². The molecule has 2 heterocycles. The SMILES string of the molecule is CCC(C)C1CNC(C(C)C)CN1Cc1cn(C)nn1. The van der Waals surface area contributed by atoms with Crippen molar-refractivity contribution in [3.05, 3.63) is 11.9 Å². The third-order valence-corrected chi connectivity index (χ3v) is 4.61. The zero-order valence-electron chi connectivity index (χ0n) is 13.5. The van der Waals surface area contributed by atoms with Crippen molar-refractivity contribution in [1.29, 1.82) is 0 Å². The Balaban J connectivity index is 2.08. The Kier molecular flexibility index (Phi) is 5.16. The van der Waals surface area contributed by atoms with Crippen LogP contribution >= 0.6 is 0 Å². The summed E-state index contributed by atoms with van der Waals surface area (Å²) in [7, 11) is 1.93. The summed E-state index contributed by atoms with van der Waals surface area (Å²) in [5, 5.41) is 12.0. The maximum atomic E-state index is 4.25. The van der Waals surface area contributed by atoms with Crippen molar-refractivity contribution < 1.29 is 0 Å². The van der Waals surface area contributed by atoms with Crippen molar-refractivity contribution in [2.24, 2.45) is 18.9 Å². The van der Waals surface area contributed by atoms with Gasteiger partial charge in [0.25, 0.3) is 0 Å². The van der Waals surface area contributed by atoms with Gasteiger partial charge in [-0.3, -0.25) is 9.58 Å². The Bertz CT molecular complexity index is 414. The molecule has 3 atom stereocenters. The van der Waals surface area contributed by atoms with Crippen LogP contribution in [0.3, 0.4) is 0 Å². The van der Waals surface area contributed by atoms with Gasteiger partial charge >= 0.3 is 0 Å². The molecule has 3 unspecified atom stereocenters. The smallest absolute Gasteiger partial charge is 0.0967 e. The summed E-state index contributed by atoms with van der Waals surface area (Å²) in [6, 6.07) is 1.17. The van der Waals surface area contributed by atoms with Gasteiger partial charge in [-0.2, -0.15) is 0 Å². The van der Waals surface area contributed by atoms with Crippen LogP contribution in [0.5, 0.6) is 0 Å². The molecule has 114 valence electrons. The average Bonchev–Trinajstić information content (AvgIpc) is 2.83. The second kappa shape index (κ2) is 6.68. The number of nitrogens with zero attached hydrogens (tertiary/aromatic N) is 4. The summed E-state index contributed by atoms with van der Waals surface area (Å²) in [6.07, 6.45) is 3.25. The molecule has 1 aromatic rings. The first kappa shape index (κ1) is 15.4. The first-order valence-corrected chi connectivity index (χ1v) is 7.83. The van der Waals surface area contributed by atoms with Gasteiger partial charge in [-0.25, -0.2) is 0 Å². The van der Waals surface area contributed by atoms with Crippen LogP contribution in [0.4, 0.5) is 0 Å². The summed E-state index contributed by atoms with van der Waals surface area (Å²) in [4.78, 5) is 2.60. The number of aromatic nitrogens is 3. The van der Waals surface area contributed by atoms with E-state index >= 15 is 0 Å². The number of rotatable bonds is 5. The quantitative estimate of drug-likeness (QED) is 0.890. The van der Waals surface area contributed by atoms with E-state index in [0.717, 1.165) is 25.3 Å². The van der Waals surface area contributed by atoms with Crippen molar-refractivity contribution in [2.75, 3.05) is 13.1 Å².